The van der Waals surface area contributed by atoms with Crippen molar-refractivity contribution in [3.05, 3.63) is 40.9 Å². The van der Waals surface area contributed by atoms with Gasteiger partial charge in [0.05, 0.1) is 0 Å². The van der Waals surface area contributed by atoms with E-state index in [0.29, 0.717) is 0 Å². The second-order valence-corrected chi connectivity index (χ2v) is 5.68. The van der Waals surface area contributed by atoms with Crippen LogP contribution in [0.2, 0.25) is 0 Å². The number of hydrogen-bond donors (Lipinski definition) is 1. The van der Waals surface area contributed by atoms with E-state index in [1.165, 1.54) is 22.9 Å². The number of benzene rings is 2. The van der Waals surface area contributed by atoms with Crippen LogP contribution in [0, 0.1) is 0 Å². The van der Waals surface area contributed by atoms with Crippen molar-refractivity contribution in [1.29, 1.82) is 0 Å². The molecule has 0 spiro atoms. The van der Waals surface area contributed by atoms with Crippen LogP contribution in [0.5, 0.6) is 0 Å². The summed E-state index contributed by atoms with van der Waals surface area (Å²) in [5.74, 6) is 0. The Hall–Kier alpha value is -1.06. The van der Waals surface area contributed by atoms with E-state index in [1.54, 1.807) is 0 Å². The normalized spacial score (nSPS) is 16.8. The van der Waals surface area contributed by atoms with Gasteiger partial charge in [0.25, 0.3) is 0 Å². The summed E-state index contributed by atoms with van der Waals surface area (Å²) in [6.07, 6.45) is 1.22. The fraction of sp³-hybridized carbons (Fsp3) is 0.333. The van der Waals surface area contributed by atoms with Crippen LogP contribution in [0.3, 0.4) is 0 Å². The zero-order valence-corrected chi connectivity index (χ0v) is 11.9. The lowest BCUT2D eigenvalue weighted by Gasteiger charge is -2.22. The number of halogens is 1. The number of nitrogens with zero attached hydrogens (tertiary/aromatic N) is 1. The molecule has 1 fully saturated rings. The fourth-order valence-electron chi connectivity index (χ4n) is 2.50. The van der Waals surface area contributed by atoms with Gasteiger partial charge in [-0.05, 0) is 48.0 Å². The van der Waals surface area contributed by atoms with Crippen molar-refractivity contribution < 1.29 is 0 Å². The monoisotopic (exact) mass is 304 g/mol. The molecule has 0 saturated carbocycles. The Morgan fingerprint density at radius 3 is 2.72 bits per heavy atom. The second kappa shape index (κ2) is 5.29. The molecule has 1 heterocycles. The van der Waals surface area contributed by atoms with Crippen LogP contribution in [0.15, 0.2) is 40.9 Å². The van der Waals surface area contributed by atoms with Gasteiger partial charge in [-0.2, -0.15) is 0 Å². The van der Waals surface area contributed by atoms with Crippen molar-refractivity contribution >= 4 is 32.4 Å². The van der Waals surface area contributed by atoms with E-state index in [-0.39, 0.29) is 0 Å². The summed E-state index contributed by atoms with van der Waals surface area (Å²) < 4.78 is 1.14. The van der Waals surface area contributed by atoms with Gasteiger partial charge in [-0.15, -0.1) is 0 Å². The zero-order chi connectivity index (χ0) is 12.4. The minimum absolute atomic E-state index is 1.08. The van der Waals surface area contributed by atoms with Crippen LogP contribution >= 0.6 is 15.9 Å². The van der Waals surface area contributed by atoms with Crippen molar-refractivity contribution in [3.63, 3.8) is 0 Å². The molecular formula is C15H17BrN2. The highest BCUT2D eigenvalue weighted by Gasteiger charge is 2.09. The Morgan fingerprint density at radius 1 is 0.944 bits per heavy atom. The molecule has 0 aromatic heterocycles. The van der Waals surface area contributed by atoms with Gasteiger partial charge in [0.1, 0.15) is 0 Å². The van der Waals surface area contributed by atoms with Crippen molar-refractivity contribution in [3.8, 4) is 0 Å². The van der Waals surface area contributed by atoms with Crippen LogP contribution in [-0.2, 0) is 0 Å². The Bertz CT molecular complexity index is 545. The Morgan fingerprint density at radius 2 is 1.78 bits per heavy atom. The second-order valence-electron chi connectivity index (χ2n) is 4.77. The molecule has 0 bridgehead atoms. The molecule has 3 rings (SSSR count). The molecule has 0 radical (unpaired) electrons. The highest BCUT2D eigenvalue weighted by molar-refractivity contribution is 9.10. The third-order valence-electron chi connectivity index (χ3n) is 3.49. The van der Waals surface area contributed by atoms with E-state index in [0.717, 1.165) is 30.7 Å². The quantitative estimate of drug-likeness (QED) is 0.868. The number of rotatable bonds is 1. The molecule has 1 saturated heterocycles. The topological polar surface area (TPSA) is 15.3 Å². The average molecular weight is 305 g/mol. The summed E-state index contributed by atoms with van der Waals surface area (Å²) >= 11 is 3.52. The Kier molecular flexibility index (Phi) is 3.52. The maximum Gasteiger partial charge on any atom is 0.0373 e. The maximum absolute atomic E-state index is 3.52. The van der Waals surface area contributed by atoms with Crippen LogP contribution in [0.1, 0.15) is 6.42 Å². The molecule has 0 amide bonds. The highest BCUT2D eigenvalue weighted by Crippen LogP contribution is 2.25. The van der Waals surface area contributed by atoms with Crippen LogP contribution in [-0.4, -0.2) is 26.2 Å². The summed E-state index contributed by atoms with van der Waals surface area (Å²) in [4.78, 5) is 2.47. The SMILES string of the molecule is Brc1ccc2cc(N3CCCNCC3)ccc2c1. The van der Waals surface area contributed by atoms with Crippen molar-refractivity contribution in [2.45, 2.75) is 6.42 Å². The first-order valence-corrected chi connectivity index (χ1v) is 7.27. The Labute approximate surface area is 116 Å². The third-order valence-corrected chi connectivity index (χ3v) is 3.98. The standard InChI is InChI=1S/C15H17BrN2/c16-14-4-2-13-11-15(5-3-12(13)10-14)18-8-1-6-17-7-9-18/h2-5,10-11,17H,1,6-9H2. The van der Waals surface area contributed by atoms with Crippen LogP contribution < -0.4 is 10.2 Å². The minimum atomic E-state index is 1.08. The van der Waals surface area contributed by atoms with Crippen molar-refractivity contribution in [1.82, 2.24) is 5.32 Å². The summed E-state index contributed by atoms with van der Waals surface area (Å²) in [6, 6.07) is 13.2. The van der Waals surface area contributed by atoms with E-state index in [2.05, 4.69) is 62.5 Å². The largest absolute Gasteiger partial charge is 0.370 e. The molecule has 1 N–H and O–H groups in total. The lowest BCUT2D eigenvalue weighted by atomic mass is 10.1. The summed E-state index contributed by atoms with van der Waals surface area (Å²) in [5, 5.41) is 6.05. The average Bonchev–Trinajstić information content (AvgIpc) is 2.67. The first kappa shape index (κ1) is 12.0. The van der Waals surface area contributed by atoms with E-state index < -0.39 is 0 Å². The minimum Gasteiger partial charge on any atom is -0.370 e. The van der Waals surface area contributed by atoms with Gasteiger partial charge < -0.3 is 10.2 Å². The molecule has 0 unspecified atom stereocenters. The molecule has 0 aliphatic carbocycles. The van der Waals surface area contributed by atoms with E-state index >= 15 is 0 Å². The fourth-order valence-corrected chi connectivity index (χ4v) is 2.88. The predicted molar refractivity (Wildman–Crippen MR) is 81.3 cm³/mol. The Balaban J connectivity index is 1.94. The molecule has 2 aromatic rings. The van der Waals surface area contributed by atoms with Gasteiger partial charge in [0, 0.05) is 29.8 Å². The van der Waals surface area contributed by atoms with Gasteiger partial charge >= 0.3 is 0 Å². The van der Waals surface area contributed by atoms with Gasteiger partial charge in [-0.1, -0.05) is 28.1 Å². The lowest BCUT2D eigenvalue weighted by molar-refractivity contribution is 0.724. The summed E-state index contributed by atoms with van der Waals surface area (Å²) in [5.41, 5.74) is 1.34. The smallest absolute Gasteiger partial charge is 0.0373 e. The molecular weight excluding hydrogens is 288 g/mol. The van der Waals surface area contributed by atoms with Crippen molar-refractivity contribution in [2.24, 2.45) is 0 Å². The molecule has 1 aliphatic rings. The van der Waals surface area contributed by atoms with Crippen molar-refractivity contribution in [2.75, 3.05) is 31.1 Å². The summed E-state index contributed by atoms with van der Waals surface area (Å²) in [7, 11) is 0. The molecule has 2 aromatic carbocycles. The van der Waals surface area contributed by atoms with Gasteiger partial charge in [0.2, 0.25) is 0 Å². The number of fused-ring (bicyclic) bond motifs is 1. The number of hydrogen-bond acceptors (Lipinski definition) is 2. The molecule has 2 nitrogen and oxygen atoms in total. The first-order valence-electron chi connectivity index (χ1n) is 6.48. The molecule has 1 aliphatic heterocycles. The van der Waals surface area contributed by atoms with Gasteiger partial charge in [-0.25, -0.2) is 0 Å². The van der Waals surface area contributed by atoms with Gasteiger partial charge in [0.15, 0.2) is 0 Å². The van der Waals surface area contributed by atoms with E-state index in [9.17, 15) is 0 Å². The molecule has 3 heteroatoms. The van der Waals surface area contributed by atoms with Crippen LogP contribution in [0.4, 0.5) is 5.69 Å². The number of anilines is 1. The maximum atomic E-state index is 3.52. The molecule has 0 atom stereocenters. The highest BCUT2D eigenvalue weighted by atomic mass is 79.9. The zero-order valence-electron chi connectivity index (χ0n) is 10.3. The van der Waals surface area contributed by atoms with E-state index in [4.69, 9.17) is 0 Å². The molecule has 94 valence electrons. The van der Waals surface area contributed by atoms with E-state index in [1.807, 2.05) is 0 Å². The van der Waals surface area contributed by atoms with Crippen LogP contribution in [0.25, 0.3) is 10.8 Å². The first-order chi connectivity index (χ1) is 8.83. The van der Waals surface area contributed by atoms with Gasteiger partial charge in [-0.3, -0.25) is 0 Å². The summed E-state index contributed by atoms with van der Waals surface area (Å²) in [6.45, 7) is 4.46. The number of nitrogens with one attached hydrogen (secondary N) is 1. The predicted octanol–water partition coefficient (Wildman–Crippen LogP) is 3.40. The third kappa shape index (κ3) is 2.52. The molecule has 18 heavy (non-hydrogen) atoms. The lowest BCUT2D eigenvalue weighted by Crippen LogP contribution is -2.27.